The lowest BCUT2D eigenvalue weighted by Gasteiger charge is -2.25. The van der Waals surface area contributed by atoms with Crippen molar-refractivity contribution in [2.24, 2.45) is 11.8 Å². The van der Waals surface area contributed by atoms with Gasteiger partial charge in [0.1, 0.15) is 0 Å². The van der Waals surface area contributed by atoms with Crippen molar-refractivity contribution in [3.05, 3.63) is 0 Å². The molecule has 0 aromatic rings. The molecule has 0 saturated carbocycles. The van der Waals surface area contributed by atoms with E-state index in [4.69, 9.17) is 0 Å². The number of carbonyl (C=O) groups excluding carboxylic acids is 4. The Balaban J connectivity index is 5.44. The van der Waals surface area contributed by atoms with Gasteiger partial charge in [-0.1, -0.05) is 259 Å². The third-order valence-corrected chi connectivity index (χ3v) is 13.3. The highest BCUT2D eigenvalue weighted by molar-refractivity contribution is 5.93. The van der Waals surface area contributed by atoms with Crippen LogP contribution in [0.1, 0.15) is 297 Å². The minimum atomic E-state index is -0.911. The molecule has 0 radical (unpaired) electrons. The maximum atomic E-state index is 14.0. The highest BCUT2D eigenvalue weighted by atomic mass is 16.2. The molecule has 0 spiro atoms. The maximum Gasteiger partial charge on any atom is 0.224 e. The summed E-state index contributed by atoms with van der Waals surface area (Å²) in [6, 6.07) is 0. The molecular formula is C56H110N4O4. The van der Waals surface area contributed by atoms with Gasteiger partial charge in [-0.2, -0.15) is 0 Å². The van der Waals surface area contributed by atoms with E-state index >= 15 is 0 Å². The summed E-state index contributed by atoms with van der Waals surface area (Å²) in [6.07, 6.45) is 48.5. The minimum absolute atomic E-state index is 0.0936. The zero-order valence-electron chi connectivity index (χ0n) is 43.3. The SMILES string of the molecule is CCCCCCCCCCCCNC(=O)CC(C(=O)NCCCCCCCCCCCC)C(CC(=O)NCCCCCCCCCCCC)C(=O)NCCCCCCCCCCCC. The zero-order chi connectivity index (χ0) is 46.8. The lowest BCUT2D eigenvalue weighted by molar-refractivity contribution is -0.140. The topological polar surface area (TPSA) is 116 Å². The van der Waals surface area contributed by atoms with E-state index in [0.29, 0.717) is 26.2 Å². The van der Waals surface area contributed by atoms with Crippen LogP contribution in [0, 0.1) is 11.8 Å². The first kappa shape index (κ1) is 61.9. The molecule has 64 heavy (non-hydrogen) atoms. The van der Waals surface area contributed by atoms with Crippen LogP contribution in [0.25, 0.3) is 0 Å². The van der Waals surface area contributed by atoms with Gasteiger partial charge in [0.25, 0.3) is 0 Å². The predicted octanol–water partition coefficient (Wildman–Crippen LogP) is 15.1. The first-order valence-electron chi connectivity index (χ1n) is 28.5. The smallest absolute Gasteiger partial charge is 0.224 e. The van der Waals surface area contributed by atoms with Crippen LogP contribution in [0.15, 0.2) is 0 Å². The molecule has 0 heterocycles. The van der Waals surface area contributed by atoms with Gasteiger partial charge in [-0.05, 0) is 25.7 Å². The number of rotatable bonds is 51. The third-order valence-electron chi connectivity index (χ3n) is 13.3. The Morgan fingerprint density at radius 2 is 0.422 bits per heavy atom. The Morgan fingerprint density at radius 3 is 0.625 bits per heavy atom. The van der Waals surface area contributed by atoms with Gasteiger partial charge in [-0.25, -0.2) is 0 Å². The van der Waals surface area contributed by atoms with Gasteiger partial charge in [-0.3, -0.25) is 19.2 Å². The van der Waals surface area contributed by atoms with E-state index in [9.17, 15) is 19.2 Å². The molecule has 0 bridgehead atoms. The molecule has 4 N–H and O–H groups in total. The summed E-state index contributed by atoms with van der Waals surface area (Å²) in [5, 5.41) is 12.3. The number of nitrogens with one attached hydrogen (secondary N) is 4. The van der Waals surface area contributed by atoms with E-state index in [2.05, 4.69) is 49.0 Å². The molecule has 0 aliphatic rings. The molecular weight excluding hydrogens is 793 g/mol. The fourth-order valence-electron chi connectivity index (χ4n) is 8.97. The predicted molar refractivity (Wildman–Crippen MR) is 276 cm³/mol. The Morgan fingerprint density at radius 1 is 0.250 bits per heavy atom. The van der Waals surface area contributed by atoms with Crippen molar-refractivity contribution < 1.29 is 19.2 Å². The lowest BCUT2D eigenvalue weighted by atomic mass is 9.84. The summed E-state index contributed by atoms with van der Waals surface area (Å²) in [7, 11) is 0. The van der Waals surface area contributed by atoms with Crippen molar-refractivity contribution in [3.8, 4) is 0 Å². The van der Waals surface area contributed by atoms with E-state index < -0.39 is 11.8 Å². The minimum Gasteiger partial charge on any atom is -0.356 e. The van der Waals surface area contributed by atoms with E-state index in [-0.39, 0.29) is 36.5 Å². The Hall–Kier alpha value is -2.12. The van der Waals surface area contributed by atoms with Crippen LogP contribution >= 0.6 is 0 Å². The Labute approximate surface area is 398 Å². The average Bonchev–Trinajstić information content (AvgIpc) is 3.29. The summed E-state index contributed by atoms with van der Waals surface area (Å²) in [4.78, 5) is 55.1. The molecule has 0 fully saturated rings. The first-order chi connectivity index (χ1) is 31.4. The van der Waals surface area contributed by atoms with Gasteiger partial charge < -0.3 is 21.3 Å². The van der Waals surface area contributed by atoms with Crippen molar-refractivity contribution in [1.29, 1.82) is 0 Å². The molecule has 0 rings (SSSR count). The highest BCUT2D eigenvalue weighted by Crippen LogP contribution is 2.23. The van der Waals surface area contributed by atoms with Crippen molar-refractivity contribution >= 4 is 23.6 Å². The molecule has 2 unspecified atom stereocenters. The van der Waals surface area contributed by atoms with Crippen molar-refractivity contribution in [2.45, 2.75) is 297 Å². The quantitative estimate of drug-likeness (QED) is 0.0455. The fraction of sp³-hybridized carbons (Fsp3) is 0.929. The molecule has 0 saturated heterocycles. The summed E-state index contributed by atoms with van der Waals surface area (Å²) in [5.41, 5.74) is 0. The second-order valence-corrected chi connectivity index (χ2v) is 19.6. The standard InChI is InChI=1S/C56H110N4O4/c1-5-9-13-17-21-25-29-33-37-41-45-57-53(61)49-51(55(63)59-47-43-39-35-31-27-23-19-15-11-7-3)52(56(64)60-48-44-40-36-32-28-24-20-16-12-8-4)50-54(62)58-46-42-38-34-30-26-22-18-14-10-6-2/h51-52H,5-50H2,1-4H3,(H,57,61)(H,58,62)(H,59,63)(H,60,64). The second-order valence-electron chi connectivity index (χ2n) is 19.6. The van der Waals surface area contributed by atoms with E-state index in [0.717, 1.165) is 64.2 Å². The fourth-order valence-corrected chi connectivity index (χ4v) is 8.97. The van der Waals surface area contributed by atoms with Gasteiger partial charge in [0.15, 0.2) is 0 Å². The van der Waals surface area contributed by atoms with Gasteiger partial charge in [-0.15, -0.1) is 0 Å². The molecule has 8 nitrogen and oxygen atoms in total. The first-order valence-corrected chi connectivity index (χ1v) is 28.5. The summed E-state index contributed by atoms with van der Waals surface area (Å²) in [6.45, 7) is 11.2. The van der Waals surface area contributed by atoms with Gasteiger partial charge >= 0.3 is 0 Å². The Kier molecular flexibility index (Phi) is 48.6. The van der Waals surface area contributed by atoms with Crippen LogP contribution in [0.4, 0.5) is 0 Å². The van der Waals surface area contributed by atoms with Crippen molar-refractivity contribution in [1.82, 2.24) is 21.3 Å². The summed E-state index contributed by atoms with van der Waals surface area (Å²) in [5.74, 6) is -2.82. The molecule has 378 valence electrons. The molecule has 2 atom stereocenters. The van der Waals surface area contributed by atoms with Crippen LogP contribution in [-0.4, -0.2) is 49.8 Å². The lowest BCUT2D eigenvalue weighted by Crippen LogP contribution is -2.46. The monoisotopic (exact) mass is 903 g/mol. The van der Waals surface area contributed by atoms with Gasteiger partial charge in [0, 0.05) is 39.0 Å². The average molecular weight is 904 g/mol. The van der Waals surface area contributed by atoms with Crippen LogP contribution in [0.3, 0.4) is 0 Å². The largest absolute Gasteiger partial charge is 0.356 e. The molecule has 8 heteroatoms. The number of amides is 4. The number of carbonyl (C=O) groups is 4. The van der Waals surface area contributed by atoms with Crippen LogP contribution in [0.2, 0.25) is 0 Å². The number of unbranched alkanes of at least 4 members (excludes halogenated alkanes) is 36. The molecule has 0 aromatic heterocycles. The zero-order valence-corrected chi connectivity index (χ0v) is 43.3. The van der Waals surface area contributed by atoms with Crippen LogP contribution < -0.4 is 21.3 Å². The second kappa shape index (κ2) is 50.3. The summed E-state index contributed by atoms with van der Waals surface area (Å²) < 4.78 is 0. The highest BCUT2D eigenvalue weighted by Gasteiger charge is 2.36. The Bertz CT molecular complexity index is 958. The molecule has 0 aromatic carbocycles. The van der Waals surface area contributed by atoms with Crippen LogP contribution in [-0.2, 0) is 19.2 Å². The third kappa shape index (κ3) is 42.5. The molecule has 4 amide bonds. The summed E-state index contributed by atoms with van der Waals surface area (Å²) >= 11 is 0. The van der Waals surface area contributed by atoms with E-state index in [1.807, 2.05) is 0 Å². The normalized spacial score (nSPS) is 12.2. The van der Waals surface area contributed by atoms with Gasteiger partial charge in [0.2, 0.25) is 23.6 Å². The number of hydrogen-bond donors (Lipinski definition) is 4. The maximum absolute atomic E-state index is 14.0. The molecule has 0 aliphatic carbocycles. The van der Waals surface area contributed by atoms with Crippen molar-refractivity contribution in [3.63, 3.8) is 0 Å². The van der Waals surface area contributed by atoms with Gasteiger partial charge in [0.05, 0.1) is 11.8 Å². The number of hydrogen-bond acceptors (Lipinski definition) is 4. The van der Waals surface area contributed by atoms with Crippen LogP contribution in [0.5, 0.6) is 0 Å². The van der Waals surface area contributed by atoms with Crippen molar-refractivity contribution in [2.75, 3.05) is 26.2 Å². The van der Waals surface area contributed by atoms with E-state index in [1.165, 1.54) is 193 Å². The molecule has 0 aliphatic heterocycles. The van der Waals surface area contributed by atoms with E-state index in [1.54, 1.807) is 0 Å².